The van der Waals surface area contributed by atoms with Gasteiger partial charge >= 0.3 is 0 Å². The second-order valence-corrected chi connectivity index (χ2v) is 8.52. The standard InChI is InChI=1S/C21H27N3O3S/c1-14(2)13-18-22-15(3)19(28-18)21(26)24-11-9-23(10-12-24)20(25)16-5-7-17(27-4)8-6-16/h5-8,14H,9-13H2,1-4H3. The van der Waals surface area contributed by atoms with Crippen molar-refractivity contribution in [1.29, 1.82) is 0 Å². The normalized spacial score (nSPS) is 14.5. The summed E-state index contributed by atoms with van der Waals surface area (Å²) in [7, 11) is 1.60. The van der Waals surface area contributed by atoms with Crippen molar-refractivity contribution in [2.75, 3.05) is 33.3 Å². The van der Waals surface area contributed by atoms with Crippen LogP contribution in [0.3, 0.4) is 0 Å². The van der Waals surface area contributed by atoms with Gasteiger partial charge in [-0.05, 0) is 37.1 Å². The Balaban J connectivity index is 1.60. The van der Waals surface area contributed by atoms with Gasteiger partial charge in [0.05, 0.1) is 17.8 Å². The van der Waals surface area contributed by atoms with Crippen LogP contribution in [0.15, 0.2) is 24.3 Å². The summed E-state index contributed by atoms with van der Waals surface area (Å²) in [5.74, 6) is 1.26. The molecule has 1 aliphatic rings. The molecule has 2 aromatic rings. The number of amides is 2. The quantitative estimate of drug-likeness (QED) is 0.772. The summed E-state index contributed by atoms with van der Waals surface area (Å²) in [5.41, 5.74) is 1.44. The number of methoxy groups -OCH3 is 1. The van der Waals surface area contributed by atoms with Gasteiger partial charge in [0.1, 0.15) is 10.6 Å². The zero-order valence-corrected chi connectivity index (χ0v) is 17.7. The van der Waals surface area contributed by atoms with Crippen molar-refractivity contribution in [3.05, 3.63) is 45.4 Å². The van der Waals surface area contributed by atoms with Crippen molar-refractivity contribution >= 4 is 23.2 Å². The Bertz CT molecular complexity index is 837. The molecule has 2 heterocycles. The molecule has 1 aromatic heterocycles. The maximum atomic E-state index is 12.9. The molecule has 1 aliphatic heterocycles. The Morgan fingerprint density at radius 2 is 1.64 bits per heavy atom. The van der Waals surface area contributed by atoms with Gasteiger partial charge in [0.15, 0.2) is 0 Å². The largest absolute Gasteiger partial charge is 0.497 e. The Kier molecular flexibility index (Phi) is 6.34. The first-order valence-electron chi connectivity index (χ1n) is 9.58. The Morgan fingerprint density at radius 1 is 1.07 bits per heavy atom. The number of hydrogen-bond donors (Lipinski definition) is 0. The van der Waals surface area contributed by atoms with Crippen LogP contribution in [0.1, 0.15) is 44.6 Å². The number of aromatic nitrogens is 1. The molecule has 0 N–H and O–H groups in total. The Morgan fingerprint density at radius 3 is 2.18 bits per heavy atom. The zero-order chi connectivity index (χ0) is 20.3. The van der Waals surface area contributed by atoms with E-state index >= 15 is 0 Å². The van der Waals surface area contributed by atoms with Crippen molar-refractivity contribution in [2.45, 2.75) is 27.2 Å². The van der Waals surface area contributed by atoms with Crippen LogP contribution in [0.25, 0.3) is 0 Å². The fourth-order valence-electron chi connectivity index (χ4n) is 3.26. The fraction of sp³-hybridized carbons (Fsp3) is 0.476. The van der Waals surface area contributed by atoms with E-state index in [9.17, 15) is 9.59 Å². The lowest BCUT2D eigenvalue weighted by molar-refractivity contribution is 0.0537. The molecule has 0 saturated carbocycles. The third-order valence-corrected chi connectivity index (χ3v) is 5.98. The molecule has 1 saturated heterocycles. The number of benzene rings is 1. The molecule has 7 heteroatoms. The summed E-state index contributed by atoms with van der Waals surface area (Å²) in [6.45, 7) is 8.35. The van der Waals surface area contributed by atoms with E-state index < -0.39 is 0 Å². The van der Waals surface area contributed by atoms with Crippen molar-refractivity contribution < 1.29 is 14.3 Å². The number of carbonyl (C=O) groups is 2. The average Bonchev–Trinajstić information content (AvgIpc) is 3.06. The monoisotopic (exact) mass is 401 g/mol. The fourth-order valence-corrected chi connectivity index (χ4v) is 4.50. The topological polar surface area (TPSA) is 62.7 Å². The maximum absolute atomic E-state index is 12.9. The summed E-state index contributed by atoms with van der Waals surface area (Å²) in [5, 5.41) is 1.02. The van der Waals surface area contributed by atoms with Gasteiger partial charge in [0.25, 0.3) is 11.8 Å². The lowest BCUT2D eigenvalue weighted by atomic mass is 10.1. The molecule has 0 atom stereocenters. The number of aryl methyl sites for hydroxylation is 1. The first-order valence-corrected chi connectivity index (χ1v) is 10.4. The highest BCUT2D eigenvalue weighted by atomic mass is 32.1. The molecule has 28 heavy (non-hydrogen) atoms. The van der Waals surface area contributed by atoms with Gasteiger partial charge in [-0.1, -0.05) is 13.8 Å². The molecule has 3 rings (SSSR count). The minimum atomic E-state index is -0.0112. The van der Waals surface area contributed by atoms with Crippen molar-refractivity contribution in [3.63, 3.8) is 0 Å². The highest BCUT2D eigenvalue weighted by Crippen LogP contribution is 2.23. The molecule has 6 nitrogen and oxygen atoms in total. The van der Waals surface area contributed by atoms with E-state index in [2.05, 4.69) is 18.8 Å². The summed E-state index contributed by atoms with van der Waals surface area (Å²) in [6.07, 6.45) is 0.892. The molecule has 0 aliphatic carbocycles. The number of nitrogens with zero attached hydrogens (tertiary/aromatic N) is 3. The van der Waals surface area contributed by atoms with Gasteiger partial charge in [-0.2, -0.15) is 0 Å². The van der Waals surface area contributed by atoms with E-state index in [1.54, 1.807) is 36.3 Å². The predicted molar refractivity (Wildman–Crippen MR) is 110 cm³/mol. The van der Waals surface area contributed by atoms with Gasteiger partial charge in [-0.25, -0.2) is 4.98 Å². The lowest BCUT2D eigenvalue weighted by Crippen LogP contribution is -2.50. The summed E-state index contributed by atoms with van der Waals surface area (Å²) in [6, 6.07) is 7.12. The number of rotatable bonds is 5. The summed E-state index contributed by atoms with van der Waals surface area (Å²) >= 11 is 1.50. The van der Waals surface area contributed by atoms with Gasteiger partial charge in [0, 0.05) is 38.2 Å². The SMILES string of the molecule is COc1ccc(C(=O)N2CCN(C(=O)c3sc(CC(C)C)nc3C)CC2)cc1. The van der Waals surface area contributed by atoms with Crippen molar-refractivity contribution in [1.82, 2.24) is 14.8 Å². The van der Waals surface area contributed by atoms with Crippen LogP contribution in [0.2, 0.25) is 0 Å². The van der Waals surface area contributed by atoms with Crippen LogP contribution in [0.5, 0.6) is 5.75 Å². The number of thiazole rings is 1. The van der Waals surface area contributed by atoms with Crippen LogP contribution in [0.4, 0.5) is 0 Å². The van der Waals surface area contributed by atoms with Crippen LogP contribution in [0, 0.1) is 12.8 Å². The van der Waals surface area contributed by atoms with Crippen LogP contribution < -0.4 is 4.74 Å². The molecular weight excluding hydrogens is 374 g/mol. The Hall–Kier alpha value is -2.41. The van der Waals surface area contributed by atoms with Gasteiger partial charge in [0.2, 0.25) is 0 Å². The first-order chi connectivity index (χ1) is 13.4. The predicted octanol–water partition coefficient (Wildman–Crippen LogP) is 3.26. The molecular formula is C21H27N3O3S. The van der Waals surface area contributed by atoms with Gasteiger partial charge in [-0.3, -0.25) is 9.59 Å². The number of piperazine rings is 1. The molecule has 1 fully saturated rings. The van der Waals surface area contributed by atoms with E-state index in [1.807, 2.05) is 11.8 Å². The number of hydrogen-bond acceptors (Lipinski definition) is 5. The average molecular weight is 402 g/mol. The second-order valence-electron chi connectivity index (χ2n) is 7.43. The summed E-state index contributed by atoms with van der Waals surface area (Å²) in [4.78, 5) is 34.5. The molecule has 0 spiro atoms. The van der Waals surface area contributed by atoms with Gasteiger partial charge < -0.3 is 14.5 Å². The zero-order valence-electron chi connectivity index (χ0n) is 16.9. The van der Waals surface area contributed by atoms with E-state index in [0.29, 0.717) is 37.7 Å². The molecule has 150 valence electrons. The minimum Gasteiger partial charge on any atom is -0.497 e. The van der Waals surface area contributed by atoms with E-state index in [4.69, 9.17) is 4.74 Å². The summed E-state index contributed by atoms with van der Waals surface area (Å²) < 4.78 is 5.14. The molecule has 2 amide bonds. The minimum absolute atomic E-state index is 0.0112. The second kappa shape index (κ2) is 8.73. The van der Waals surface area contributed by atoms with E-state index in [1.165, 1.54) is 11.3 Å². The molecule has 1 aromatic carbocycles. The third-order valence-electron chi connectivity index (χ3n) is 4.81. The van der Waals surface area contributed by atoms with Crippen LogP contribution in [-0.4, -0.2) is 59.9 Å². The third kappa shape index (κ3) is 4.52. The first kappa shape index (κ1) is 20.3. The smallest absolute Gasteiger partial charge is 0.265 e. The van der Waals surface area contributed by atoms with Crippen LogP contribution in [-0.2, 0) is 6.42 Å². The number of ether oxygens (including phenoxy) is 1. The highest BCUT2D eigenvalue weighted by molar-refractivity contribution is 7.13. The molecule has 0 unspecified atom stereocenters. The number of carbonyl (C=O) groups excluding carboxylic acids is 2. The maximum Gasteiger partial charge on any atom is 0.265 e. The molecule has 0 radical (unpaired) electrons. The lowest BCUT2D eigenvalue weighted by Gasteiger charge is -2.34. The van der Waals surface area contributed by atoms with Crippen molar-refractivity contribution in [3.8, 4) is 5.75 Å². The Labute approximate surface area is 170 Å². The van der Waals surface area contributed by atoms with E-state index in [0.717, 1.165) is 27.7 Å². The molecule has 0 bridgehead atoms. The van der Waals surface area contributed by atoms with Gasteiger partial charge in [-0.15, -0.1) is 11.3 Å². The highest BCUT2D eigenvalue weighted by Gasteiger charge is 2.27. The van der Waals surface area contributed by atoms with E-state index in [-0.39, 0.29) is 11.8 Å². The van der Waals surface area contributed by atoms with Crippen molar-refractivity contribution in [2.24, 2.45) is 5.92 Å². The van der Waals surface area contributed by atoms with Crippen LogP contribution >= 0.6 is 11.3 Å².